The lowest BCUT2D eigenvalue weighted by Crippen LogP contribution is -2.32. The topological polar surface area (TPSA) is 76.3 Å². The van der Waals surface area contributed by atoms with E-state index < -0.39 is 0 Å². The summed E-state index contributed by atoms with van der Waals surface area (Å²) in [5.74, 6) is 0.490. The van der Waals surface area contributed by atoms with Crippen molar-refractivity contribution in [2.24, 2.45) is 17.8 Å². The highest BCUT2D eigenvalue weighted by Crippen LogP contribution is 2.45. The van der Waals surface area contributed by atoms with Crippen LogP contribution in [0.25, 0.3) is 0 Å². The van der Waals surface area contributed by atoms with Gasteiger partial charge in [0.05, 0.1) is 23.7 Å². The Morgan fingerprint density at radius 1 is 1.26 bits per heavy atom. The van der Waals surface area contributed by atoms with Crippen LogP contribution >= 0.6 is 0 Å². The van der Waals surface area contributed by atoms with Crippen LogP contribution in [0.15, 0.2) is 18.3 Å². The van der Waals surface area contributed by atoms with Crippen molar-refractivity contribution >= 4 is 23.3 Å². The molecule has 2 unspecified atom stereocenters. The highest BCUT2D eigenvalue weighted by Gasteiger charge is 2.52. The molecule has 2 heterocycles. The van der Waals surface area contributed by atoms with Crippen molar-refractivity contribution in [1.29, 1.82) is 0 Å². The molecule has 1 saturated heterocycles. The summed E-state index contributed by atoms with van der Waals surface area (Å²) < 4.78 is 0. The Kier molecular flexibility index (Phi) is 2.77. The van der Waals surface area contributed by atoms with E-state index in [2.05, 4.69) is 11.9 Å². The molecular formula is C14H17N3O2. The van der Waals surface area contributed by atoms with E-state index in [9.17, 15) is 9.59 Å². The normalized spacial score (nSPS) is 29.9. The molecule has 3 rings (SSSR count). The van der Waals surface area contributed by atoms with E-state index in [4.69, 9.17) is 5.73 Å². The summed E-state index contributed by atoms with van der Waals surface area (Å²) in [4.78, 5) is 30.0. The first-order valence-corrected chi connectivity index (χ1v) is 6.71. The summed E-state index contributed by atoms with van der Waals surface area (Å²) in [6.45, 7) is 2.11. The fourth-order valence-corrected chi connectivity index (χ4v) is 3.25. The van der Waals surface area contributed by atoms with E-state index in [1.807, 2.05) is 0 Å². The molecule has 0 aromatic carbocycles. The smallest absolute Gasteiger partial charge is 0.237 e. The second-order valence-corrected chi connectivity index (χ2v) is 5.41. The number of rotatable bonds is 2. The molecular weight excluding hydrogens is 242 g/mol. The van der Waals surface area contributed by atoms with Crippen LogP contribution in [-0.2, 0) is 9.59 Å². The lowest BCUT2D eigenvalue weighted by molar-refractivity contribution is -0.123. The summed E-state index contributed by atoms with van der Waals surface area (Å²) in [6, 6.07) is 3.29. The number of carbonyl (C=O) groups is 2. The Balaban J connectivity index is 1.88. The number of nitrogens with two attached hydrogens (primary N) is 1. The van der Waals surface area contributed by atoms with Gasteiger partial charge in [0, 0.05) is 0 Å². The minimum absolute atomic E-state index is 0.0717. The van der Waals surface area contributed by atoms with Gasteiger partial charge in [-0.05, 0) is 30.9 Å². The van der Waals surface area contributed by atoms with Crippen molar-refractivity contribution in [2.45, 2.75) is 26.2 Å². The standard InChI is InChI=1S/C14H17N3O2/c1-2-8-5-10-11(6-8)14(19)17(13(10)18)9-3-4-12(15)16-7-9/h3-4,7-8,10-11H,2,5-6H2,1H3,(H2,15,16). The first-order valence-electron chi connectivity index (χ1n) is 6.71. The zero-order valence-electron chi connectivity index (χ0n) is 10.9. The van der Waals surface area contributed by atoms with E-state index in [0.717, 1.165) is 19.3 Å². The van der Waals surface area contributed by atoms with Crippen molar-refractivity contribution < 1.29 is 9.59 Å². The molecule has 1 aromatic heterocycles. The third kappa shape index (κ3) is 1.80. The fourth-order valence-electron chi connectivity index (χ4n) is 3.25. The van der Waals surface area contributed by atoms with Crippen LogP contribution in [0.5, 0.6) is 0 Å². The molecule has 1 aliphatic carbocycles. The first kappa shape index (κ1) is 12.1. The molecule has 1 saturated carbocycles. The molecule has 0 radical (unpaired) electrons. The average molecular weight is 259 g/mol. The van der Waals surface area contributed by atoms with Gasteiger partial charge in [0.1, 0.15) is 5.82 Å². The summed E-state index contributed by atoms with van der Waals surface area (Å²) in [5, 5.41) is 0. The van der Waals surface area contributed by atoms with Gasteiger partial charge in [-0.2, -0.15) is 0 Å². The quantitative estimate of drug-likeness (QED) is 0.818. The number of anilines is 2. The van der Waals surface area contributed by atoms with Gasteiger partial charge < -0.3 is 5.73 Å². The number of fused-ring (bicyclic) bond motifs is 1. The second kappa shape index (κ2) is 4.33. The maximum Gasteiger partial charge on any atom is 0.237 e. The van der Waals surface area contributed by atoms with Crippen molar-refractivity contribution in [1.82, 2.24) is 4.98 Å². The van der Waals surface area contributed by atoms with Crippen LogP contribution < -0.4 is 10.6 Å². The van der Waals surface area contributed by atoms with Crippen LogP contribution in [0, 0.1) is 17.8 Å². The van der Waals surface area contributed by atoms with Gasteiger partial charge in [-0.3, -0.25) is 9.59 Å². The van der Waals surface area contributed by atoms with Gasteiger partial charge in [0.15, 0.2) is 0 Å². The summed E-state index contributed by atoms with van der Waals surface area (Å²) in [6.07, 6.45) is 4.20. The zero-order valence-corrected chi connectivity index (χ0v) is 10.9. The van der Waals surface area contributed by atoms with E-state index in [0.29, 0.717) is 17.4 Å². The van der Waals surface area contributed by atoms with Gasteiger partial charge in [0.2, 0.25) is 11.8 Å². The number of carbonyl (C=O) groups excluding carboxylic acids is 2. The van der Waals surface area contributed by atoms with Gasteiger partial charge in [-0.15, -0.1) is 0 Å². The van der Waals surface area contributed by atoms with Crippen molar-refractivity contribution in [2.75, 3.05) is 10.6 Å². The molecule has 2 amide bonds. The number of nitrogen functional groups attached to an aromatic ring is 1. The Morgan fingerprint density at radius 3 is 2.37 bits per heavy atom. The number of aromatic nitrogens is 1. The molecule has 5 heteroatoms. The van der Waals surface area contributed by atoms with E-state index in [1.165, 1.54) is 11.1 Å². The van der Waals surface area contributed by atoms with E-state index >= 15 is 0 Å². The molecule has 5 nitrogen and oxygen atoms in total. The lowest BCUT2D eigenvalue weighted by Gasteiger charge is -2.17. The highest BCUT2D eigenvalue weighted by atomic mass is 16.2. The minimum Gasteiger partial charge on any atom is -0.384 e. The van der Waals surface area contributed by atoms with E-state index in [-0.39, 0.29) is 23.7 Å². The van der Waals surface area contributed by atoms with Crippen LogP contribution in [0.1, 0.15) is 26.2 Å². The molecule has 0 spiro atoms. The van der Waals surface area contributed by atoms with Crippen molar-refractivity contribution in [3.8, 4) is 0 Å². The number of hydrogen-bond acceptors (Lipinski definition) is 4. The Morgan fingerprint density at radius 2 is 1.89 bits per heavy atom. The van der Waals surface area contributed by atoms with Crippen LogP contribution in [0.3, 0.4) is 0 Å². The highest BCUT2D eigenvalue weighted by molar-refractivity contribution is 6.22. The first-order chi connectivity index (χ1) is 9.11. The van der Waals surface area contributed by atoms with Crippen LogP contribution in [-0.4, -0.2) is 16.8 Å². The van der Waals surface area contributed by atoms with Crippen molar-refractivity contribution in [3.05, 3.63) is 18.3 Å². The molecule has 2 atom stereocenters. The number of hydrogen-bond donors (Lipinski definition) is 1. The number of pyridine rings is 1. The lowest BCUT2D eigenvalue weighted by atomic mass is 10.00. The second-order valence-electron chi connectivity index (χ2n) is 5.41. The Bertz CT molecular complexity index is 502. The SMILES string of the molecule is CCC1CC2C(=O)N(c3ccc(N)nc3)C(=O)C2C1. The predicted octanol–water partition coefficient (Wildman–Crippen LogP) is 1.59. The minimum atomic E-state index is -0.130. The molecule has 2 aliphatic rings. The van der Waals surface area contributed by atoms with Gasteiger partial charge in [-0.1, -0.05) is 13.3 Å². The third-order valence-corrected chi connectivity index (χ3v) is 4.34. The Labute approximate surface area is 111 Å². The molecule has 2 N–H and O–H groups in total. The van der Waals surface area contributed by atoms with Gasteiger partial charge in [-0.25, -0.2) is 9.88 Å². The summed E-state index contributed by atoms with van der Waals surface area (Å²) >= 11 is 0. The number of nitrogens with zero attached hydrogens (tertiary/aromatic N) is 2. The molecule has 0 bridgehead atoms. The molecule has 1 aliphatic heterocycles. The van der Waals surface area contributed by atoms with Gasteiger partial charge in [0.25, 0.3) is 0 Å². The third-order valence-electron chi connectivity index (χ3n) is 4.34. The maximum absolute atomic E-state index is 12.4. The Hall–Kier alpha value is -1.91. The molecule has 2 fully saturated rings. The maximum atomic E-state index is 12.4. The van der Waals surface area contributed by atoms with Gasteiger partial charge >= 0.3 is 0 Å². The number of amides is 2. The molecule has 1 aromatic rings. The average Bonchev–Trinajstić information content (AvgIpc) is 2.93. The predicted molar refractivity (Wildman–Crippen MR) is 71.1 cm³/mol. The molecule has 100 valence electrons. The number of imide groups is 1. The fraction of sp³-hybridized carbons (Fsp3) is 0.500. The monoisotopic (exact) mass is 259 g/mol. The van der Waals surface area contributed by atoms with Crippen LogP contribution in [0.2, 0.25) is 0 Å². The van der Waals surface area contributed by atoms with Crippen molar-refractivity contribution in [3.63, 3.8) is 0 Å². The van der Waals surface area contributed by atoms with Crippen LogP contribution in [0.4, 0.5) is 11.5 Å². The molecule has 19 heavy (non-hydrogen) atoms. The zero-order chi connectivity index (χ0) is 13.6. The summed E-state index contributed by atoms with van der Waals surface area (Å²) in [5.41, 5.74) is 6.06. The largest absolute Gasteiger partial charge is 0.384 e. The summed E-state index contributed by atoms with van der Waals surface area (Å²) in [7, 11) is 0. The van der Waals surface area contributed by atoms with E-state index in [1.54, 1.807) is 12.1 Å².